The first kappa shape index (κ1) is 18.0. The summed E-state index contributed by atoms with van der Waals surface area (Å²) in [7, 11) is 0. The summed E-state index contributed by atoms with van der Waals surface area (Å²) in [6.07, 6.45) is 3.82. The van der Waals surface area contributed by atoms with Crippen molar-refractivity contribution in [1.29, 1.82) is 0 Å². The molecule has 2 aliphatic rings. The quantitative estimate of drug-likeness (QED) is 0.879. The third-order valence-corrected chi connectivity index (χ3v) is 5.52. The number of hydrogen-bond acceptors (Lipinski definition) is 3. The molecule has 0 aliphatic carbocycles. The van der Waals surface area contributed by atoms with Crippen LogP contribution in [0.2, 0.25) is 0 Å². The van der Waals surface area contributed by atoms with Gasteiger partial charge in [-0.05, 0) is 49.6 Å². The van der Waals surface area contributed by atoms with Crippen LogP contribution in [0.25, 0.3) is 0 Å². The topological polar surface area (TPSA) is 41.6 Å². The predicted molar refractivity (Wildman–Crippen MR) is 102 cm³/mol. The van der Waals surface area contributed by atoms with Crippen molar-refractivity contribution in [3.8, 4) is 5.75 Å². The van der Waals surface area contributed by atoms with Gasteiger partial charge in [-0.25, -0.2) is 4.39 Å². The van der Waals surface area contributed by atoms with Crippen molar-refractivity contribution in [2.75, 3.05) is 19.7 Å². The molecule has 0 aromatic heterocycles. The van der Waals surface area contributed by atoms with Gasteiger partial charge in [-0.3, -0.25) is 9.69 Å². The van der Waals surface area contributed by atoms with Crippen LogP contribution in [-0.2, 0) is 11.2 Å². The highest BCUT2D eigenvalue weighted by Crippen LogP contribution is 2.31. The van der Waals surface area contributed by atoms with Crippen molar-refractivity contribution in [2.24, 2.45) is 0 Å². The number of nitrogens with one attached hydrogen (secondary N) is 1. The van der Waals surface area contributed by atoms with Crippen LogP contribution in [-0.4, -0.2) is 36.5 Å². The van der Waals surface area contributed by atoms with E-state index in [4.69, 9.17) is 4.74 Å². The smallest absolute Gasteiger partial charge is 0.234 e. The standard InChI is InChI=1S/C22H25FN2O2/c23-17-9-7-16(8-10-17)14-18-4-3-12-25(18)15-22(26)24-20-11-13-27-21-6-2-1-5-19(20)21/h1-2,5-10,18,20H,3-4,11-15H2,(H,24,26)/t18-,20+/m1/s1. The summed E-state index contributed by atoms with van der Waals surface area (Å²) in [6, 6.07) is 14.9. The molecular formula is C22H25FN2O2. The summed E-state index contributed by atoms with van der Waals surface area (Å²) in [5.74, 6) is 0.713. The molecule has 2 heterocycles. The van der Waals surface area contributed by atoms with E-state index in [-0.39, 0.29) is 17.8 Å². The summed E-state index contributed by atoms with van der Waals surface area (Å²) in [5, 5.41) is 3.18. The van der Waals surface area contributed by atoms with Crippen molar-refractivity contribution < 1.29 is 13.9 Å². The van der Waals surface area contributed by atoms with Gasteiger partial charge in [-0.1, -0.05) is 30.3 Å². The molecule has 0 spiro atoms. The van der Waals surface area contributed by atoms with E-state index >= 15 is 0 Å². The molecule has 0 saturated carbocycles. The molecule has 0 unspecified atom stereocenters. The lowest BCUT2D eigenvalue weighted by Gasteiger charge is -2.29. The van der Waals surface area contributed by atoms with Crippen LogP contribution >= 0.6 is 0 Å². The molecule has 2 aliphatic heterocycles. The van der Waals surface area contributed by atoms with Crippen LogP contribution < -0.4 is 10.1 Å². The van der Waals surface area contributed by atoms with Crippen LogP contribution in [0.1, 0.15) is 36.4 Å². The fourth-order valence-corrected chi connectivity index (χ4v) is 4.14. The lowest BCUT2D eigenvalue weighted by molar-refractivity contribution is -0.123. The second-order valence-corrected chi connectivity index (χ2v) is 7.39. The molecule has 2 aromatic rings. The Balaban J connectivity index is 1.35. The number of para-hydroxylation sites is 1. The second kappa shape index (κ2) is 8.09. The van der Waals surface area contributed by atoms with Gasteiger partial charge in [-0.2, -0.15) is 0 Å². The molecule has 4 rings (SSSR count). The van der Waals surface area contributed by atoms with Gasteiger partial charge < -0.3 is 10.1 Å². The number of amides is 1. The Morgan fingerprint density at radius 1 is 1.15 bits per heavy atom. The van der Waals surface area contributed by atoms with Crippen LogP contribution in [0, 0.1) is 5.82 Å². The normalized spacial score (nSPS) is 22.1. The number of ether oxygens (including phenoxy) is 1. The maximum absolute atomic E-state index is 13.1. The van der Waals surface area contributed by atoms with Gasteiger partial charge in [0.2, 0.25) is 5.91 Å². The number of hydrogen-bond donors (Lipinski definition) is 1. The maximum atomic E-state index is 13.1. The fraction of sp³-hybridized carbons (Fsp3) is 0.409. The van der Waals surface area contributed by atoms with E-state index in [9.17, 15) is 9.18 Å². The van der Waals surface area contributed by atoms with Crippen molar-refractivity contribution >= 4 is 5.91 Å². The van der Waals surface area contributed by atoms with E-state index < -0.39 is 0 Å². The number of nitrogens with zero attached hydrogens (tertiary/aromatic N) is 1. The van der Waals surface area contributed by atoms with E-state index in [1.165, 1.54) is 12.1 Å². The fourth-order valence-electron chi connectivity index (χ4n) is 4.14. The first-order valence-electron chi connectivity index (χ1n) is 9.68. The van der Waals surface area contributed by atoms with Gasteiger partial charge in [0.25, 0.3) is 0 Å². The van der Waals surface area contributed by atoms with E-state index in [0.29, 0.717) is 19.2 Å². The molecule has 27 heavy (non-hydrogen) atoms. The Kier molecular flexibility index (Phi) is 5.39. The number of carbonyl (C=O) groups is 1. The third-order valence-electron chi connectivity index (χ3n) is 5.52. The van der Waals surface area contributed by atoms with Gasteiger partial charge in [0.05, 0.1) is 19.2 Å². The average molecular weight is 368 g/mol. The lowest BCUT2D eigenvalue weighted by atomic mass is 10.0. The van der Waals surface area contributed by atoms with Gasteiger partial charge in [0.15, 0.2) is 0 Å². The highest BCUT2D eigenvalue weighted by molar-refractivity contribution is 5.78. The summed E-state index contributed by atoms with van der Waals surface area (Å²) in [6.45, 7) is 1.97. The Morgan fingerprint density at radius 3 is 2.81 bits per heavy atom. The van der Waals surface area contributed by atoms with Crippen molar-refractivity contribution in [2.45, 2.75) is 37.8 Å². The summed E-state index contributed by atoms with van der Waals surface area (Å²) in [4.78, 5) is 14.9. The number of carbonyl (C=O) groups excluding carboxylic acids is 1. The molecule has 1 N–H and O–H groups in total. The zero-order valence-electron chi connectivity index (χ0n) is 15.4. The van der Waals surface area contributed by atoms with Gasteiger partial charge in [-0.15, -0.1) is 0 Å². The number of likely N-dealkylation sites (tertiary alicyclic amines) is 1. The zero-order chi connectivity index (χ0) is 18.6. The SMILES string of the molecule is O=C(CN1CCC[C@@H]1Cc1ccc(F)cc1)N[C@H]1CCOc2ccccc21. The Morgan fingerprint density at radius 2 is 1.96 bits per heavy atom. The zero-order valence-corrected chi connectivity index (χ0v) is 15.4. The largest absolute Gasteiger partial charge is 0.493 e. The molecule has 0 radical (unpaired) electrons. The van der Waals surface area contributed by atoms with Crippen molar-refractivity contribution in [3.05, 3.63) is 65.5 Å². The molecule has 0 bridgehead atoms. The summed E-state index contributed by atoms with van der Waals surface area (Å²) >= 11 is 0. The molecule has 2 atom stereocenters. The molecular weight excluding hydrogens is 343 g/mol. The van der Waals surface area contributed by atoms with E-state index in [2.05, 4.69) is 10.2 Å². The van der Waals surface area contributed by atoms with Crippen molar-refractivity contribution in [3.63, 3.8) is 0 Å². The average Bonchev–Trinajstić information content (AvgIpc) is 3.10. The van der Waals surface area contributed by atoms with Gasteiger partial charge in [0, 0.05) is 18.0 Å². The third kappa shape index (κ3) is 4.30. The molecule has 1 fully saturated rings. The highest BCUT2D eigenvalue weighted by atomic mass is 19.1. The number of fused-ring (bicyclic) bond motifs is 1. The Bertz CT molecular complexity index is 793. The summed E-state index contributed by atoms with van der Waals surface area (Å²) < 4.78 is 18.8. The van der Waals surface area contributed by atoms with Gasteiger partial charge in [0.1, 0.15) is 11.6 Å². The number of rotatable bonds is 5. The summed E-state index contributed by atoms with van der Waals surface area (Å²) in [5.41, 5.74) is 2.17. The van der Waals surface area contributed by atoms with E-state index in [0.717, 1.165) is 49.1 Å². The number of benzene rings is 2. The predicted octanol–water partition coefficient (Wildman–Crippen LogP) is 3.47. The lowest BCUT2D eigenvalue weighted by Crippen LogP contribution is -2.42. The molecule has 4 nitrogen and oxygen atoms in total. The molecule has 1 saturated heterocycles. The highest BCUT2D eigenvalue weighted by Gasteiger charge is 2.28. The van der Waals surface area contributed by atoms with E-state index in [1.54, 1.807) is 0 Å². The minimum atomic E-state index is -0.210. The van der Waals surface area contributed by atoms with Crippen LogP contribution in [0.3, 0.4) is 0 Å². The second-order valence-electron chi connectivity index (χ2n) is 7.39. The molecule has 5 heteroatoms. The van der Waals surface area contributed by atoms with Crippen LogP contribution in [0.5, 0.6) is 5.75 Å². The van der Waals surface area contributed by atoms with Crippen LogP contribution in [0.15, 0.2) is 48.5 Å². The van der Waals surface area contributed by atoms with Crippen molar-refractivity contribution in [1.82, 2.24) is 10.2 Å². The molecule has 1 amide bonds. The Labute approximate surface area is 159 Å². The van der Waals surface area contributed by atoms with Crippen LogP contribution in [0.4, 0.5) is 4.39 Å². The minimum Gasteiger partial charge on any atom is -0.493 e. The number of halogens is 1. The molecule has 142 valence electrons. The van der Waals surface area contributed by atoms with E-state index in [1.807, 2.05) is 36.4 Å². The monoisotopic (exact) mass is 368 g/mol. The first-order valence-corrected chi connectivity index (χ1v) is 9.68. The van der Waals surface area contributed by atoms with Gasteiger partial charge >= 0.3 is 0 Å². The minimum absolute atomic E-state index is 0.0144. The first-order chi connectivity index (χ1) is 13.2. The molecule has 2 aromatic carbocycles. The Hall–Kier alpha value is -2.40. The maximum Gasteiger partial charge on any atom is 0.234 e.